The van der Waals surface area contributed by atoms with Gasteiger partial charge in [0, 0.05) is 16.5 Å². The predicted molar refractivity (Wildman–Crippen MR) is 157 cm³/mol. The maximum Gasteiger partial charge on any atom is 0.143 e. The summed E-state index contributed by atoms with van der Waals surface area (Å²) < 4.78 is 7.03. The number of unbranched alkanes of at least 4 members (excludes halogenated alkanes) is 3. The van der Waals surface area contributed by atoms with Crippen LogP contribution in [-0.4, -0.2) is 33.0 Å². The first-order chi connectivity index (χ1) is 17.7. The van der Waals surface area contributed by atoms with Gasteiger partial charge in [0.2, 0.25) is 0 Å². The summed E-state index contributed by atoms with van der Waals surface area (Å²) in [6.45, 7) is 2.60. The molecule has 0 saturated heterocycles. The number of aryl methyl sites for hydroxylation is 1. The van der Waals surface area contributed by atoms with Crippen molar-refractivity contribution in [1.82, 2.24) is 20.2 Å². The van der Waals surface area contributed by atoms with Gasteiger partial charge in [0.1, 0.15) is 17.3 Å². The second-order valence-corrected chi connectivity index (χ2v) is 9.90. The van der Waals surface area contributed by atoms with Crippen molar-refractivity contribution in [2.75, 3.05) is 18.1 Å². The number of para-hydroxylation sites is 2. The van der Waals surface area contributed by atoms with Gasteiger partial charge in [0.25, 0.3) is 0 Å². The van der Waals surface area contributed by atoms with Crippen LogP contribution in [0.1, 0.15) is 42.8 Å². The molecule has 6 heteroatoms. The number of aromatic nitrogens is 2. The maximum atomic E-state index is 6.01. The van der Waals surface area contributed by atoms with Crippen molar-refractivity contribution >= 4 is 33.5 Å². The lowest BCUT2D eigenvalue weighted by Crippen LogP contribution is -2.19. The van der Waals surface area contributed by atoms with E-state index in [9.17, 15) is 0 Å². The number of hydrogen-bond donors (Lipinski definition) is 1. The van der Waals surface area contributed by atoms with Crippen LogP contribution in [0.2, 0.25) is 0 Å². The van der Waals surface area contributed by atoms with E-state index in [0.29, 0.717) is 6.54 Å². The van der Waals surface area contributed by atoms with Crippen molar-refractivity contribution in [2.45, 2.75) is 45.2 Å². The van der Waals surface area contributed by atoms with E-state index in [-0.39, 0.29) is 0 Å². The molecular formula is C30H35IN4O. The summed E-state index contributed by atoms with van der Waals surface area (Å²) >= 11 is 2.36. The summed E-state index contributed by atoms with van der Waals surface area (Å²) in [5, 5.41) is 4.57. The molecule has 0 atom stereocenters. The fourth-order valence-corrected chi connectivity index (χ4v) is 4.74. The maximum absolute atomic E-state index is 6.01. The van der Waals surface area contributed by atoms with Crippen molar-refractivity contribution < 1.29 is 4.74 Å². The van der Waals surface area contributed by atoms with Gasteiger partial charge in [0.05, 0.1) is 17.8 Å². The highest BCUT2D eigenvalue weighted by molar-refractivity contribution is 14.1. The van der Waals surface area contributed by atoms with Crippen LogP contribution in [0.25, 0.3) is 10.9 Å². The van der Waals surface area contributed by atoms with Crippen LogP contribution in [0, 0.1) is 0 Å². The first-order valence-corrected chi connectivity index (χ1v) is 14.3. The lowest BCUT2D eigenvalue weighted by Gasteiger charge is -2.17. The molecule has 0 fully saturated rings. The second-order valence-electron chi connectivity index (χ2n) is 9.14. The summed E-state index contributed by atoms with van der Waals surface area (Å²) in [5.41, 5.74) is 3.41. The summed E-state index contributed by atoms with van der Waals surface area (Å²) in [7, 11) is 2.12. The average molecular weight is 595 g/mol. The van der Waals surface area contributed by atoms with Gasteiger partial charge in [-0.2, -0.15) is 0 Å². The van der Waals surface area contributed by atoms with Crippen molar-refractivity contribution in [2.24, 2.45) is 0 Å². The molecule has 3 aromatic carbocycles. The van der Waals surface area contributed by atoms with Crippen molar-refractivity contribution in [3.8, 4) is 11.5 Å². The molecule has 0 bridgehead atoms. The first-order valence-electron chi connectivity index (χ1n) is 12.7. The topological polar surface area (TPSA) is 50.3 Å². The molecule has 1 N–H and O–H groups in total. The zero-order valence-electron chi connectivity index (χ0n) is 21.0. The Morgan fingerprint density at radius 1 is 0.806 bits per heavy atom. The van der Waals surface area contributed by atoms with E-state index in [0.717, 1.165) is 53.3 Å². The smallest absolute Gasteiger partial charge is 0.143 e. The van der Waals surface area contributed by atoms with Crippen LogP contribution in [0.3, 0.4) is 0 Å². The molecule has 0 unspecified atom stereocenters. The number of hydrogen-bond acceptors (Lipinski definition) is 5. The van der Waals surface area contributed by atoms with Crippen molar-refractivity contribution in [1.29, 1.82) is 0 Å². The molecule has 0 spiro atoms. The standard InChI is InChI=1S/C30H35IN4O/c1-35(21-24-12-11-15-26(20-24)36-25-13-5-4-6-14-25)22-30-33-28(17-7-2-3-10-19-32-23-31)27-16-8-9-18-29(27)34-30/h4-6,8-9,11-16,18,20,32H,2-3,7,10,17,19,21-23H2,1H3. The van der Waals surface area contributed by atoms with Crippen LogP contribution in [0.4, 0.5) is 0 Å². The molecular weight excluding hydrogens is 559 g/mol. The molecule has 0 aliphatic rings. The number of halogens is 1. The van der Waals surface area contributed by atoms with E-state index in [4.69, 9.17) is 14.7 Å². The molecule has 0 saturated carbocycles. The molecule has 1 aromatic heterocycles. The lowest BCUT2D eigenvalue weighted by atomic mass is 10.1. The number of fused-ring (bicyclic) bond motifs is 1. The van der Waals surface area contributed by atoms with Crippen LogP contribution in [0.5, 0.6) is 11.5 Å². The Hall–Kier alpha value is -2.55. The molecule has 188 valence electrons. The number of alkyl halides is 1. The highest BCUT2D eigenvalue weighted by atomic mass is 127. The fraction of sp³-hybridized carbons (Fsp3) is 0.333. The SMILES string of the molecule is CN(Cc1cccc(Oc2ccccc2)c1)Cc1nc(CCCCCCNCI)c2ccccc2n1. The van der Waals surface area contributed by atoms with E-state index in [1.807, 2.05) is 42.5 Å². The van der Waals surface area contributed by atoms with E-state index >= 15 is 0 Å². The Bertz CT molecular complexity index is 1220. The zero-order chi connectivity index (χ0) is 25.0. The van der Waals surface area contributed by atoms with Gasteiger partial charge < -0.3 is 10.1 Å². The average Bonchev–Trinajstić information content (AvgIpc) is 2.89. The summed E-state index contributed by atoms with van der Waals surface area (Å²) in [5.74, 6) is 2.58. The van der Waals surface area contributed by atoms with E-state index in [1.165, 1.54) is 35.9 Å². The first kappa shape index (κ1) is 26.5. The number of ether oxygens (including phenoxy) is 1. The highest BCUT2D eigenvalue weighted by Crippen LogP contribution is 2.23. The van der Waals surface area contributed by atoms with Crippen LogP contribution in [-0.2, 0) is 19.5 Å². The van der Waals surface area contributed by atoms with Gasteiger partial charge in [-0.25, -0.2) is 9.97 Å². The third-order valence-corrected chi connectivity index (χ3v) is 6.62. The van der Waals surface area contributed by atoms with Gasteiger partial charge >= 0.3 is 0 Å². The minimum Gasteiger partial charge on any atom is -0.457 e. The zero-order valence-corrected chi connectivity index (χ0v) is 23.2. The molecule has 5 nitrogen and oxygen atoms in total. The number of nitrogens with one attached hydrogen (secondary N) is 1. The third-order valence-electron chi connectivity index (χ3n) is 6.08. The third kappa shape index (κ3) is 8.25. The molecule has 0 aliphatic heterocycles. The molecule has 36 heavy (non-hydrogen) atoms. The molecule has 0 aliphatic carbocycles. The Labute approximate surface area is 228 Å². The van der Waals surface area contributed by atoms with Gasteiger partial charge in [-0.15, -0.1) is 0 Å². The molecule has 4 rings (SSSR count). The Morgan fingerprint density at radius 3 is 2.44 bits per heavy atom. The Morgan fingerprint density at radius 2 is 1.58 bits per heavy atom. The van der Waals surface area contributed by atoms with Gasteiger partial charge in [-0.1, -0.05) is 84.0 Å². The minimum atomic E-state index is 0.698. The Balaban J connectivity index is 1.37. The molecule has 1 heterocycles. The normalized spacial score (nSPS) is 11.3. The number of rotatable bonds is 14. The summed E-state index contributed by atoms with van der Waals surface area (Å²) in [6.07, 6.45) is 5.89. The lowest BCUT2D eigenvalue weighted by molar-refractivity contribution is 0.310. The van der Waals surface area contributed by atoms with Crippen molar-refractivity contribution in [3.63, 3.8) is 0 Å². The second kappa shape index (κ2) is 14.3. The molecule has 0 amide bonds. The quantitative estimate of drug-likeness (QED) is 0.0728. The molecule has 4 aromatic rings. The van der Waals surface area contributed by atoms with Gasteiger partial charge in [-0.3, -0.25) is 4.90 Å². The largest absolute Gasteiger partial charge is 0.457 e. The summed E-state index contributed by atoms with van der Waals surface area (Å²) in [6, 6.07) is 26.6. The number of nitrogens with zero attached hydrogens (tertiary/aromatic N) is 3. The minimum absolute atomic E-state index is 0.698. The van der Waals surface area contributed by atoms with Gasteiger partial charge in [-0.05, 0) is 68.8 Å². The monoisotopic (exact) mass is 594 g/mol. The van der Waals surface area contributed by atoms with E-state index in [2.05, 4.69) is 76.3 Å². The summed E-state index contributed by atoms with van der Waals surface area (Å²) in [4.78, 5) is 12.2. The predicted octanol–water partition coefficient (Wildman–Crippen LogP) is 7.14. The van der Waals surface area contributed by atoms with Crippen molar-refractivity contribution in [3.05, 3.63) is 95.9 Å². The highest BCUT2D eigenvalue weighted by Gasteiger charge is 2.11. The van der Waals surface area contributed by atoms with E-state index < -0.39 is 0 Å². The number of benzene rings is 3. The van der Waals surface area contributed by atoms with E-state index in [1.54, 1.807) is 0 Å². The molecule has 0 radical (unpaired) electrons. The van der Waals surface area contributed by atoms with Crippen LogP contribution >= 0.6 is 22.6 Å². The fourth-order valence-electron chi connectivity index (χ4n) is 4.36. The van der Waals surface area contributed by atoms with Crippen LogP contribution in [0.15, 0.2) is 78.9 Å². The van der Waals surface area contributed by atoms with Crippen LogP contribution < -0.4 is 10.1 Å². The Kier molecular flexibility index (Phi) is 10.5. The van der Waals surface area contributed by atoms with Gasteiger partial charge in [0.15, 0.2) is 0 Å².